The second kappa shape index (κ2) is 8.85. The topological polar surface area (TPSA) is 86.7 Å². The molecule has 7 heteroatoms. The average Bonchev–Trinajstić information content (AvgIpc) is 2.76. The Morgan fingerprint density at radius 3 is 2.74 bits per heavy atom. The summed E-state index contributed by atoms with van der Waals surface area (Å²) in [5.74, 6) is 1.48. The van der Waals surface area contributed by atoms with Crippen LogP contribution in [0.4, 0.5) is 11.5 Å². The monoisotopic (exact) mass is 424 g/mol. The summed E-state index contributed by atoms with van der Waals surface area (Å²) in [7, 11) is 3.68. The number of aromatic nitrogens is 1. The quantitative estimate of drug-likeness (QED) is 0.684. The number of methoxy groups -OCH3 is 1. The summed E-state index contributed by atoms with van der Waals surface area (Å²) >= 11 is 0. The minimum Gasteiger partial charge on any atom is -0.497 e. The summed E-state index contributed by atoms with van der Waals surface area (Å²) in [6, 6.07) is 11.8. The van der Waals surface area contributed by atoms with Crippen molar-refractivity contribution in [3.63, 3.8) is 0 Å². The van der Waals surface area contributed by atoms with Gasteiger partial charge < -0.3 is 25.4 Å². The van der Waals surface area contributed by atoms with E-state index in [0.29, 0.717) is 12.4 Å². The fourth-order valence-corrected chi connectivity index (χ4v) is 4.72. The van der Waals surface area contributed by atoms with Crippen LogP contribution >= 0.6 is 0 Å². The zero-order chi connectivity index (χ0) is 22.0. The molecule has 2 aromatic rings. The van der Waals surface area contributed by atoms with Crippen molar-refractivity contribution < 1.29 is 14.6 Å². The second-order valence-electron chi connectivity index (χ2n) is 9.04. The SMILES string of the molecule is COc1cccc(Nc2ccc3c(n2)C(C)(C(=O)NC2CCC(O)CC2)CN(C)C3)c1. The number of amides is 1. The zero-order valence-electron chi connectivity index (χ0n) is 18.5. The number of nitrogens with one attached hydrogen (secondary N) is 2. The Morgan fingerprint density at radius 1 is 1.23 bits per heavy atom. The minimum atomic E-state index is -0.746. The molecule has 2 heterocycles. The van der Waals surface area contributed by atoms with Gasteiger partial charge in [-0.25, -0.2) is 4.98 Å². The number of aliphatic hydroxyl groups is 1. The van der Waals surface area contributed by atoms with E-state index >= 15 is 0 Å². The average molecular weight is 425 g/mol. The van der Waals surface area contributed by atoms with Crippen molar-refractivity contribution in [2.45, 2.75) is 56.7 Å². The lowest BCUT2D eigenvalue weighted by molar-refractivity contribution is -0.128. The molecule has 0 bridgehead atoms. The van der Waals surface area contributed by atoms with Crippen molar-refractivity contribution >= 4 is 17.4 Å². The van der Waals surface area contributed by atoms with Crippen LogP contribution in [-0.2, 0) is 16.8 Å². The van der Waals surface area contributed by atoms with Crippen LogP contribution in [0.1, 0.15) is 43.9 Å². The fourth-order valence-electron chi connectivity index (χ4n) is 4.72. The highest BCUT2D eigenvalue weighted by Gasteiger charge is 2.43. The molecule has 7 nitrogen and oxygen atoms in total. The van der Waals surface area contributed by atoms with Gasteiger partial charge in [0.2, 0.25) is 5.91 Å². The van der Waals surface area contributed by atoms with Crippen LogP contribution in [-0.4, -0.2) is 53.7 Å². The number of carbonyl (C=O) groups excluding carboxylic acids is 1. The molecular weight excluding hydrogens is 392 g/mol. The maximum absolute atomic E-state index is 13.5. The van der Waals surface area contributed by atoms with Crippen molar-refractivity contribution in [3.05, 3.63) is 47.7 Å². The number of ether oxygens (including phenoxy) is 1. The Hall–Kier alpha value is -2.64. The first-order chi connectivity index (χ1) is 14.9. The molecule has 3 N–H and O–H groups in total. The summed E-state index contributed by atoms with van der Waals surface area (Å²) in [4.78, 5) is 20.5. The van der Waals surface area contributed by atoms with Gasteiger partial charge in [-0.15, -0.1) is 0 Å². The maximum Gasteiger partial charge on any atom is 0.233 e. The van der Waals surface area contributed by atoms with E-state index in [-0.39, 0.29) is 18.1 Å². The summed E-state index contributed by atoms with van der Waals surface area (Å²) in [6.45, 7) is 3.36. The third-order valence-corrected chi connectivity index (χ3v) is 6.40. The standard InChI is InChI=1S/C24H32N4O3/c1-24(23(30)26-17-8-10-19(29)11-9-17)15-28(2)14-16-7-12-21(27-22(16)24)25-18-5-4-6-20(13-18)31-3/h4-7,12-13,17,19,29H,8-11,14-15H2,1-3H3,(H,25,27)(H,26,30). The number of hydrogen-bond acceptors (Lipinski definition) is 6. The molecule has 1 unspecified atom stereocenters. The molecule has 1 saturated carbocycles. The molecule has 1 aliphatic heterocycles. The first-order valence-corrected chi connectivity index (χ1v) is 11.0. The predicted molar refractivity (Wildman–Crippen MR) is 121 cm³/mol. The van der Waals surface area contributed by atoms with Crippen molar-refractivity contribution in [1.29, 1.82) is 0 Å². The molecule has 1 fully saturated rings. The molecule has 31 heavy (non-hydrogen) atoms. The number of likely N-dealkylation sites (N-methyl/N-ethyl adjacent to an activating group) is 1. The first kappa shape index (κ1) is 21.6. The minimum absolute atomic E-state index is 0.00715. The van der Waals surface area contributed by atoms with E-state index in [0.717, 1.165) is 54.9 Å². The van der Waals surface area contributed by atoms with E-state index in [9.17, 15) is 9.90 Å². The van der Waals surface area contributed by atoms with Crippen molar-refractivity contribution in [3.8, 4) is 5.75 Å². The van der Waals surface area contributed by atoms with Gasteiger partial charge in [0.25, 0.3) is 0 Å². The summed E-state index contributed by atoms with van der Waals surface area (Å²) < 4.78 is 5.30. The van der Waals surface area contributed by atoms with Crippen LogP contribution in [0, 0.1) is 0 Å². The van der Waals surface area contributed by atoms with Crippen LogP contribution in [0.5, 0.6) is 5.75 Å². The number of fused-ring (bicyclic) bond motifs is 1. The molecule has 0 radical (unpaired) electrons. The Morgan fingerprint density at radius 2 is 2.00 bits per heavy atom. The van der Waals surface area contributed by atoms with E-state index in [1.807, 2.05) is 44.3 Å². The van der Waals surface area contributed by atoms with E-state index in [1.54, 1.807) is 7.11 Å². The molecule has 0 spiro atoms. The van der Waals surface area contributed by atoms with Crippen LogP contribution in [0.3, 0.4) is 0 Å². The third kappa shape index (κ3) is 4.67. The van der Waals surface area contributed by atoms with Gasteiger partial charge in [0.1, 0.15) is 17.0 Å². The molecule has 1 aromatic heterocycles. The van der Waals surface area contributed by atoms with Gasteiger partial charge in [-0.2, -0.15) is 0 Å². The summed E-state index contributed by atoms with van der Waals surface area (Å²) in [5, 5.41) is 16.3. The lowest BCUT2D eigenvalue weighted by Crippen LogP contribution is -2.55. The van der Waals surface area contributed by atoms with Gasteiger partial charge >= 0.3 is 0 Å². The number of nitrogens with zero attached hydrogens (tertiary/aromatic N) is 2. The van der Waals surface area contributed by atoms with Crippen molar-refractivity contribution in [2.75, 3.05) is 26.0 Å². The first-order valence-electron chi connectivity index (χ1n) is 11.0. The Bertz CT molecular complexity index is 942. The molecule has 4 rings (SSSR count). The van der Waals surface area contributed by atoms with Crippen LogP contribution in [0.15, 0.2) is 36.4 Å². The van der Waals surface area contributed by atoms with Crippen LogP contribution in [0.2, 0.25) is 0 Å². The zero-order valence-corrected chi connectivity index (χ0v) is 18.5. The van der Waals surface area contributed by atoms with Gasteiger partial charge in [0.05, 0.1) is 18.9 Å². The number of hydrogen-bond donors (Lipinski definition) is 3. The van der Waals surface area contributed by atoms with Gasteiger partial charge in [-0.3, -0.25) is 4.79 Å². The Labute approximate surface area is 183 Å². The normalized spacial score (nSPS) is 26.1. The van der Waals surface area contributed by atoms with Crippen LogP contribution < -0.4 is 15.4 Å². The maximum atomic E-state index is 13.5. The predicted octanol–water partition coefficient (Wildman–Crippen LogP) is 2.96. The number of aliphatic hydroxyl groups excluding tert-OH is 1. The van der Waals surface area contributed by atoms with Crippen LogP contribution in [0.25, 0.3) is 0 Å². The number of carbonyl (C=O) groups is 1. The van der Waals surface area contributed by atoms with Gasteiger partial charge in [-0.1, -0.05) is 12.1 Å². The van der Waals surface area contributed by atoms with Gasteiger partial charge in [-0.05, 0) is 63.4 Å². The Kier molecular flexibility index (Phi) is 6.16. The van der Waals surface area contributed by atoms with Crippen molar-refractivity contribution in [2.24, 2.45) is 0 Å². The van der Waals surface area contributed by atoms with E-state index < -0.39 is 5.41 Å². The highest BCUT2D eigenvalue weighted by atomic mass is 16.5. The summed E-state index contributed by atoms with van der Waals surface area (Å²) in [6.07, 6.45) is 2.88. The molecule has 2 aliphatic rings. The second-order valence-corrected chi connectivity index (χ2v) is 9.04. The van der Waals surface area contributed by atoms with Gasteiger partial charge in [0, 0.05) is 30.9 Å². The molecule has 1 aromatic carbocycles. The van der Waals surface area contributed by atoms with E-state index in [4.69, 9.17) is 9.72 Å². The lowest BCUT2D eigenvalue weighted by atomic mass is 9.79. The van der Waals surface area contributed by atoms with E-state index in [1.165, 1.54) is 0 Å². The smallest absolute Gasteiger partial charge is 0.233 e. The highest BCUT2D eigenvalue weighted by molar-refractivity contribution is 5.88. The fraction of sp³-hybridized carbons (Fsp3) is 0.500. The number of rotatable bonds is 5. The molecule has 1 aliphatic carbocycles. The summed E-state index contributed by atoms with van der Waals surface area (Å²) in [5.41, 5.74) is 2.03. The molecule has 1 amide bonds. The highest BCUT2D eigenvalue weighted by Crippen LogP contribution is 2.34. The largest absolute Gasteiger partial charge is 0.497 e. The molecular formula is C24H32N4O3. The van der Waals surface area contributed by atoms with Crippen molar-refractivity contribution in [1.82, 2.24) is 15.2 Å². The lowest BCUT2D eigenvalue weighted by Gasteiger charge is -2.40. The van der Waals surface area contributed by atoms with E-state index in [2.05, 4.69) is 21.6 Å². The number of benzene rings is 1. The Balaban J connectivity index is 1.58. The molecule has 1 atom stereocenters. The molecule has 0 saturated heterocycles. The third-order valence-electron chi connectivity index (χ3n) is 6.40. The molecule has 166 valence electrons. The van der Waals surface area contributed by atoms with Gasteiger partial charge in [0.15, 0.2) is 0 Å². The number of pyridine rings is 1. The number of anilines is 2.